The lowest BCUT2D eigenvalue weighted by atomic mass is 10.0. The normalized spacial score (nSPS) is 10.4. The second-order valence-corrected chi connectivity index (χ2v) is 14.8. The van der Waals surface area contributed by atoms with Crippen molar-refractivity contribution in [1.29, 1.82) is 0 Å². The molecule has 0 fully saturated rings. The van der Waals surface area contributed by atoms with Crippen molar-refractivity contribution in [3.8, 4) is 0 Å². The van der Waals surface area contributed by atoms with Gasteiger partial charge in [-0.2, -0.15) is 0 Å². The van der Waals surface area contributed by atoms with Gasteiger partial charge < -0.3 is 4.90 Å². The molecular formula is C36H62BrNO2S2. The number of carbonyl (C=O) groups excluding carboxylic acids is 2. The number of thiophene rings is 2. The summed E-state index contributed by atoms with van der Waals surface area (Å²) in [6.45, 7) is 4.55. The van der Waals surface area contributed by atoms with E-state index in [0.717, 1.165) is 24.0 Å². The molecule has 2 heterocycles. The first-order valence-electron chi connectivity index (χ1n) is 16.8. The van der Waals surface area contributed by atoms with Crippen LogP contribution in [0.1, 0.15) is 163 Å². The zero-order chi connectivity index (χ0) is 31.1. The number of hydrogen-bond acceptors (Lipinski definition) is 4. The Labute approximate surface area is 276 Å². The highest BCUT2D eigenvalue weighted by molar-refractivity contribution is 9.11. The average molecular weight is 685 g/mol. The molecule has 0 aliphatic carbocycles. The summed E-state index contributed by atoms with van der Waals surface area (Å²) in [4.78, 5) is 22.6. The van der Waals surface area contributed by atoms with E-state index in [4.69, 9.17) is 0 Å². The van der Waals surface area contributed by atoms with Crippen molar-refractivity contribution in [2.45, 2.75) is 155 Å². The van der Waals surface area contributed by atoms with Gasteiger partial charge >= 0.3 is 0 Å². The summed E-state index contributed by atoms with van der Waals surface area (Å²) >= 11 is 6.97. The zero-order valence-electron chi connectivity index (χ0n) is 27.5. The molecule has 0 saturated carbocycles. The van der Waals surface area contributed by atoms with Crippen LogP contribution in [0.5, 0.6) is 0 Å². The van der Waals surface area contributed by atoms with E-state index in [2.05, 4.69) is 47.3 Å². The van der Waals surface area contributed by atoms with E-state index in [0.29, 0.717) is 0 Å². The smallest absolute Gasteiger partial charge is 0.209 e. The highest BCUT2D eigenvalue weighted by Crippen LogP contribution is 2.25. The molecule has 1 amide bonds. The standard InChI is InChI=1S/C17H28OS.C16H27BrS.C3H7NO/c1-2-3-4-5-6-7-8-9-10-11-12-16-13-14-19-17(16)15-18;1-2-3-4-5-6-7-8-9-10-11-12-15-13-14-18-16(15)17;1-4(2)3-5/h13-15H,2-12H2,1H3;13-14H,2-12H2,1H3;3H,1-2H3. The minimum atomic E-state index is 0.750. The summed E-state index contributed by atoms with van der Waals surface area (Å²) in [6.07, 6.45) is 32.0. The van der Waals surface area contributed by atoms with Crippen molar-refractivity contribution < 1.29 is 9.59 Å². The Morgan fingerprint density at radius 1 is 0.595 bits per heavy atom. The first kappa shape index (κ1) is 41.0. The number of carbonyl (C=O) groups is 2. The summed E-state index contributed by atoms with van der Waals surface area (Å²) in [5, 5.41) is 4.20. The third-order valence-corrected chi connectivity index (χ3v) is 10.1. The number of hydrogen-bond donors (Lipinski definition) is 0. The third kappa shape index (κ3) is 25.5. The Hall–Kier alpha value is -0.980. The van der Waals surface area contributed by atoms with Gasteiger partial charge in [0.05, 0.1) is 8.66 Å². The topological polar surface area (TPSA) is 37.4 Å². The molecule has 0 unspecified atom stereocenters. The fourth-order valence-electron chi connectivity index (χ4n) is 4.76. The largest absolute Gasteiger partial charge is 0.351 e. The van der Waals surface area contributed by atoms with Gasteiger partial charge in [-0.05, 0) is 75.6 Å². The predicted octanol–water partition coefficient (Wildman–Crippen LogP) is 12.7. The van der Waals surface area contributed by atoms with Gasteiger partial charge in [0.25, 0.3) is 0 Å². The Bertz CT molecular complexity index is 849. The Morgan fingerprint density at radius 3 is 1.31 bits per heavy atom. The number of unbranched alkanes of at least 4 members (excludes halogenated alkanes) is 18. The lowest BCUT2D eigenvalue weighted by molar-refractivity contribution is -0.115. The molecule has 0 aliphatic heterocycles. The van der Waals surface area contributed by atoms with Crippen molar-refractivity contribution in [3.05, 3.63) is 42.7 Å². The first-order chi connectivity index (χ1) is 20.5. The maximum Gasteiger partial charge on any atom is 0.209 e. The van der Waals surface area contributed by atoms with Crippen LogP contribution in [0.2, 0.25) is 0 Å². The van der Waals surface area contributed by atoms with Crippen LogP contribution in [-0.4, -0.2) is 31.7 Å². The number of halogens is 1. The van der Waals surface area contributed by atoms with Gasteiger partial charge in [0.2, 0.25) is 6.41 Å². The molecule has 6 heteroatoms. The Balaban J connectivity index is 0.000000691. The molecule has 0 radical (unpaired) electrons. The Morgan fingerprint density at radius 2 is 0.952 bits per heavy atom. The number of amides is 1. The lowest BCUT2D eigenvalue weighted by Crippen LogP contribution is -2.06. The number of rotatable bonds is 24. The number of aryl methyl sites for hydroxylation is 2. The summed E-state index contributed by atoms with van der Waals surface area (Å²) in [7, 11) is 3.38. The van der Waals surface area contributed by atoms with Crippen LogP contribution in [0.15, 0.2) is 26.7 Å². The van der Waals surface area contributed by atoms with E-state index in [1.54, 1.807) is 36.8 Å². The molecule has 2 rings (SSSR count). The molecule has 0 saturated heterocycles. The van der Waals surface area contributed by atoms with Gasteiger partial charge in [-0.15, -0.1) is 22.7 Å². The molecule has 0 N–H and O–H groups in total. The number of aldehydes is 1. The summed E-state index contributed by atoms with van der Waals surface area (Å²) in [5.74, 6) is 0. The maximum absolute atomic E-state index is 10.8. The summed E-state index contributed by atoms with van der Waals surface area (Å²) in [6, 6.07) is 4.35. The van der Waals surface area contributed by atoms with Gasteiger partial charge in [0.1, 0.15) is 0 Å². The summed E-state index contributed by atoms with van der Waals surface area (Å²) in [5.41, 5.74) is 2.75. The van der Waals surface area contributed by atoms with E-state index in [1.165, 1.54) is 155 Å². The third-order valence-electron chi connectivity index (χ3n) is 7.39. The molecule has 2 aromatic heterocycles. The maximum atomic E-state index is 10.8. The first-order valence-corrected chi connectivity index (χ1v) is 19.4. The average Bonchev–Trinajstić information content (AvgIpc) is 3.63. The van der Waals surface area contributed by atoms with Gasteiger partial charge in [0, 0.05) is 14.1 Å². The van der Waals surface area contributed by atoms with Gasteiger partial charge in [-0.1, -0.05) is 129 Å². The van der Waals surface area contributed by atoms with Gasteiger partial charge in [-0.25, -0.2) is 0 Å². The van der Waals surface area contributed by atoms with Gasteiger partial charge in [0.15, 0.2) is 6.29 Å². The molecule has 0 aliphatic rings. The summed E-state index contributed by atoms with van der Waals surface area (Å²) < 4.78 is 1.33. The van der Waals surface area contributed by atoms with Crippen molar-refractivity contribution >= 4 is 51.3 Å². The van der Waals surface area contributed by atoms with Crippen LogP contribution in [0.4, 0.5) is 0 Å². The molecule has 0 atom stereocenters. The SMILES string of the molecule is CCCCCCCCCCCCc1ccsc1Br.CCCCCCCCCCCCc1ccsc1C=O.CN(C)C=O. The van der Waals surface area contributed by atoms with Crippen LogP contribution in [-0.2, 0) is 17.6 Å². The molecule has 2 aromatic rings. The minimum absolute atomic E-state index is 0.750. The molecule has 0 bridgehead atoms. The van der Waals surface area contributed by atoms with Crippen LogP contribution in [0.3, 0.4) is 0 Å². The van der Waals surface area contributed by atoms with E-state index in [9.17, 15) is 9.59 Å². The van der Waals surface area contributed by atoms with E-state index in [-0.39, 0.29) is 0 Å². The quantitative estimate of drug-likeness (QED) is 0.0815. The number of nitrogens with zero attached hydrogens (tertiary/aromatic N) is 1. The molecule has 42 heavy (non-hydrogen) atoms. The zero-order valence-corrected chi connectivity index (χ0v) is 30.7. The van der Waals surface area contributed by atoms with Crippen LogP contribution < -0.4 is 0 Å². The van der Waals surface area contributed by atoms with E-state index in [1.807, 2.05) is 5.38 Å². The fraction of sp³-hybridized carbons (Fsp3) is 0.722. The van der Waals surface area contributed by atoms with E-state index < -0.39 is 0 Å². The molecule has 3 nitrogen and oxygen atoms in total. The second-order valence-electron chi connectivity index (χ2n) is 11.6. The lowest BCUT2D eigenvalue weighted by Gasteiger charge is -2.02. The Kier molecular flexibility index (Phi) is 30.7. The van der Waals surface area contributed by atoms with E-state index >= 15 is 0 Å². The highest BCUT2D eigenvalue weighted by atomic mass is 79.9. The van der Waals surface area contributed by atoms with Crippen LogP contribution in [0, 0.1) is 0 Å². The molecule has 0 spiro atoms. The minimum Gasteiger partial charge on any atom is -0.351 e. The second kappa shape index (κ2) is 31.4. The van der Waals surface area contributed by atoms with Crippen LogP contribution >= 0.6 is 38.6 Å². The molecule has 0 aromatic carbocycles. The van der Waals surface area contributed by atoms with Crippen molar-refractivity contribution in [3.63, 3.8) is 0 Å². The molecule has 242 valence electrons. The highest BCUT2D eigenvalue weighted by Gasteiger charge is 2.03. The monoisotopic (exact) mass is 683 g/mol. The van der Waals surface area contributed by atoms with Crippen LogP contribution in [0.25, 0.3) is 0 Å². The van der Waals surface area contributed by atoms with Gasteiger partial charge in [-0.3, -0.25) is 9.59 Å². The van der Waals surface area contributed by atoms with Crippen molar-refractivity contribution in [2.24, 2.45) is 0 Å². The molecular weight excluding hydrogens is 622 g/mol. The van der Waals surface area contributed by atoms with Crippen molar-refractivity contribution in [1.82, 2.24) is 4.90 Å². The fourth-order valence-corrected chi connectivity index (χ4v) is 6.85. The van der Waals surface area contributed by atoms with Crippen molar-refractivity contribution in [2.75, 3.05) is 14.1 Å². The predicted molar refractivity (Wildman–Crippen MR) is 193 cm³/mol.